The summed E-state index contributed by atoms with van der Waals surface area (Å²) in [6.07, 6.45) is 1.04. The van der Waals surface area contributed by atoms with Gasteiger partial charge in [-0.05, 0) is 63.7 Å². The van der Waals surface area contributed by atoms with Gasteiger partial charge in [0.15, 0.2) is 5.65 Å². The van der Waals surface area contributed by atoms with E-state index >= 15 is 0 Å². The van der Waals surface area contributed by atoms with Crippen LogP contribution in [0.3, 0.4) is 0 Å². The third-order valence-electron chi connectivity index (χ3n) is 6.27. The molecule has 0 radical (unpaired) electrons. The molecule has 1 aliphatic rings. The van der Waals surface area contributed by atoms with E-state index in [-0.39, 0.29) is 15.6 Å². The monoisotopic (exact) mass is 466 g/mol. The summed E-state index contributed by atoms with van der Waals surface area (Å²) in [7, 11) is -1.87. The number of aryl methyl sites for hydroxylation is 2. The second-order valence-electron chi connectivity index (χ2n) is 8.71. The molecule has 1 fully saturated rings. The lowest BCUT2D eigenvalue weighted by atomic mass is 10.2. The predicted molar refractivity (Wildman–Crippen MR) is 127 cm³/mol. The Bertz CT molecular complexity index is 1540. The predicted octanol–water partition coefficient (Wildman–Crippen LogP) is 2.16. The first-order valence-corrected chi connectivity index (χ1v) is 12.4. The average molecular weight is 467 g/mol. The van der Waals surface area contributed by atoms with Crippen molar-refractivity contribution in [1.82, 2.24) is 24.7 Å². The van der Waals surface area contributed by atoms with Crippen LogP contribution in [-0.4, -0.2) is 66.4 Å². The number of likely N-dealkylation sites (N-methyl/N-ethyl adjacent to an activating group) is 1. The number of hydrogen-bond donors (Lipinski definition) is 1. The van der Waals surface area contributed by atoms with Crippen molar-refractivity contribution in [3.05, 3.63) is 57.9 Å². The summed E-state index contributed by atoms with van der Waals surface area (Å²) in [6, 6.07) is 10.7. The Morgan fingerprint density at radius 3 is 2.61 bits per heavy atom. The Morgan fingerprint density at radius 1 is 1.00 bits per heavy atom. The van der Waals surface area contributed by atoms with Crippen LogP contribution in [0.1, 0.15) is 17.5 Å². The van der Waals surface area contributed by atoms with E-state index in [0.29, 0.717) is 16.5 Å². The number of H-pyrrole nitrogens is 1. The lowest BCUT2D eigenvalue weighted by molar-refractivity contribution is 0.360. The average Bonchev–Trinajstić information content (AvgIpc) is 3.08. The van der Waals surface area contributed by atoms with E-state index in [0.717, 1.165) is 43.9 Å². The van der Waals surface area contributed by atoms with Crippen LogP contribution in [0.5, 0.6) is 0 Å². The van der Waals surface area contributed by atoms with Gasteiger partial charge in [-0.1, -0.05) is 17.7 Å². The zero-order valence-corrected chi connectivity index (χ0v) is 19.7. The maximum Gasteiger partial charge on any atom is 0.281 e. The first-order valence-electron chi connectivity index (χ1n) is 10.9. The lowest BCUT2D eigenvalue weighted by Gasteiger charge is -2.23. The maximum absolute atomic E-state index is 13.4. The van der Waals surface area contributed by atoms with Gasteiger partial charge in [-0.15, -0.1) is 5.10 Å². The molecule has 0 spiro atoms. The fourth-order valence-corrected chi connectivity index (χ4v) is 5.96. The van der Waals surface area contributed by atoms with E-state index in [2.05, 4.69) is 32.1 Å². The van der Waals surface area contributed by atoms with Crippen molar-refractivity contribution in [1.29, 1.82) is 0 Å². The van der Waals surface area contributed by atoms with E-state index in [1.165, 1.54) is 4.52 Å². The van der Waals surface area contributed by atoms with Crippen LogP contribution in [0, 0.1) is 13.8 Å². The van der Waals surface area contributed by atoms with E-state index in [4.69, 9.17) is 0 Å². The first-order chi connectivity index (χ1) is 15.8. The molecule has 2 aromatic carbocycles. The van der Waals surface area contributed by atoms with Crippen LogP contribution in [-0.2, 0) is 9.84 Å². The summed E-state index contributed by atoms with van der Waals surface area (Å²) in [5.41, 5.74) is 2.63. The zero-order chi connectivity index (χ0) is 23.3. The third-order valence-corrected chi connectivity index (χ3v) is 8.09. The first kappa shape index (κ1) is 21.6. The van der Waals surface area contributed by atoms with Crippen molar-refractivity contribution < 1.29 is 8.42 Å². The lowest BCUT2D eigenvalue weighted by Crippen LogP contribution is -2.28. The number of sulfone groups is 1. The fourth-order valence-electron chi connectivity index (χ4n) is 4.48. The van der Waals surface area contributed by atoms with E-state index < -0.39 is 15.4 Å². The number of nitrogens with zero attached hydrogens (tertiary/aromatic N) is 5. The van der Waals surface area contributed by atoms with Crippen LogP contribution in [0.2, 0.25) is 0 Å². The molecule has 1 aliphatic heterocycles. The Kier molecular flexibility index (Phi) is 5.21. The molecule has 5 rings (SSSR count). The molecule has 3 heterocycles. The Hall–Kier alpha value is -3.24. The van der Waals surface area contributed by atoms with Crippen LogP contribution < -0.4 is 10.5 Å². The van der Waals surface area contributed by atoms with Gasteiger partial charge >= 0.3 is 0 Å². The minimum absolute atomic E-state index is 0.000208. The van der Waals surface area contributed by atoms with Gasteiger partial charge in [0.2, 0.25) is 14.9 Å². The number of fused-ring (bicyclic) bond motifs is 3. The summed E-state index contributed by atoms with van der Waals surface area (Å²) in [5, 5.41) is 7.02. The van der Waals surface area contributed by atoms with Gasteiger partial charge in [0.25, 0.3) is 5.56 Å². The molecule has 2 aromatic heterocycles. The van der Waals surface area contributed by atoms with Crippen molar-refractivity contribution in [2.75, 3.05) is 38.1 Å². The van der Waals surface area contributed by atoms with Gasteiger partial charge in [-0.3, -0.25) is 4.79 Å². The van der Waals surface area contributed by atoms with Crippen molar-refractivity contribution in [2.24, 2.45) is 0 Å². The smallest absolute Gasteiger partial charge is 0.281 e. The Balaban J connectivity index is 1.67. The number of aromatic amines is 1. The molecule has 9 nitrogen and oxygen atoms in total. The number of hydrogen-bond acceptors (Lipinski definition) is 7. The summed E-state index contributed by atoms with van der Waals surface area (Å²) in [4.78, 5) is 21.6. The molecule has 0 unspecified atom stereocenters. The molecule has 4 aromatic rings. The number of anilines is 1. The molecular weight excluding hydrogens is 440 g/mol. The minimum Gasteiger partial charge on any atom is -0.370 e. The van der Waals surface area contributed by atoms with Gasteiger partial charge in [0, 0.05) is 25.3 Å². The van der Waals surface area contributed by atoms with Gasteiger partial charge in [-0.25, -0.2) is 18.1 Å². The normalized spacial score (nSPS) is 15.9. The van der Waals surface area contributed by atoms with Crippen molar-refractivity contribution in [3.63, 3.8) is 0 Å². The third kappa shape index (κ3) is 3.68. The molecule has 0 bridgehead atoms. The van der Waals surface area contributed by atoms with Gasteiger partial charge in [-0.2, -0.15) is 4.98 Å². The van der Waals surface area contributed by atoms with E-state index in [1.807, 2.05) is 25.1 Å². The highest BCUT2D eigenvalue weighted by atomic mass is 32.2. The summed E-state index contributed by atoms with van der Waals surface area (Å²) in [6.45, 7) is 7.42. The maximum atomic E-state index is 13.4. The molecule has 1 N–H and O–H groups in total. The number of rotatable bonds is 3. The molecule has 0 saturated carbocycles. The van der Waals surface area contributed by atoms with Crippen molar-refractivity contribution >= 4 is 32.1 Å². The standard InChI is InChI=1S/C23H26N6O3S/c1-15-5-8-20(16(2)13-15)33(31,32)23-21-24-22(30)18-7-6-17(14-19(18)29(21)26-25-23)28-10-4-9-27(3)11-12-28/h5-8,13-14,26H,4,9-12H2,1-3H3. The summed E-state index contributed by atoms with van der Waals surface area (Å²) >= 11 is 0. The Labute approximate surface area is 191 Å². The topological polar surface area (TPSA) is 104 Å². The number of benzene rings is 2. The second kappa shape index (κ2) is 7.96. The summed E-state index contributed by atoms with van der Waals surface area (Å²) < 4.78 is 28.3. The van der Waals surface area contributed by atoms with Crippen LogP contribution in [0.15, 0.2) is 51.1 Å². The van der Waals surface area contributed by atoms with Crippen LogP contribution in [0.25, 0.3) is 16.6 Å². The highest BCUT2D eigenvalue weighted by Gasteiger charge is 2.28. The largest absolute Gasteiger partial charge is 0.370 e. The molecular formula is C23H26N6O3S. The molecule has 0 amide bonds. The second-order valence-corrected chi connectivity index (χ2v) is 10.5. The highest BCUT2D eigenvalue weighted by molar-refractivity contribution is 7.91. The molecule has 0 atom stereocenters. The van der Waals surface area contributed by atoms with E-state index in [1.54, 1.807) is 25.1 Å². The SMILES string of the molecule is Cc1ccc(S(=O)(=O)c2n[nH]n3c2nc(=O)c2ccc(N4CCCN(C)CC4)cc23)c(C)c1. The van der Waals surface area contributed by atoms with E-state index in [9.17, 15) is 13.2 Å². The molecule has 0 aliphatic carbocycles. The molecule has 1 saturated heterocycles. The quantitative estimate of drug-likeness (QED) is 0.493. The highest BCUT2D eigenvalue weighted by Crippen LogP contribution is 2.27. The van der Waals surface area contributed by atoms with Crippen LogP contribution >= 0.6 is 0 Å². The van der Waals surface area contributed by atoms with Crippen LogP contribution in [0.4, 0.5) is 5.69 Å². The van der Waals surface area contributed by atoms with Crippen molar-refractivity contribution in [2.45, 2.75) is 30.2 Å². The zero-order valence-electron chi connectivity index (χ0n) is 18.9. The Morgan fingerprint density at radius 2 is 1.82 bits per heavy atom. The fraction of sp³-hybridized carbons (Fsp3) is 0.348. The number of aromatic nitrogens is 4. The molecule has 10 heteroatoms. The number of nitrogens with one attached hydrogen (secondary N) is 1. The van der Waals surface area contributed by atoms with Gasteiger partial charge < -0.3 is 9.80 Å². The van der Waals surface area contributed by atoms with Gasteiger partial charge in [0.1, 0.15) is 0 Å². The summed E-state index contributed by atoms with van der Waals surface area (Å²) in [5.74, 6) is 0. The van der Waals surface area contributed by atoms with Crippen molar-refractivity contribution in [3.8, 4) is 0 Å². The van der Waals surface area contributed by atoms with Gasteiger partial charge in [0.05, 0.1) is 15.8 Å². The molecule has 172 valence electrons. The minimum atomic E-state index is -3.98. The molecule has 33 heavy (non-hydrogen) atoms.